The van der Waals surface area contributed by atoms with Gasteiger partial charge in [0.15, 0.2) is 5.11 Å². The fraction of sp³-hybridized carbons (Fsp3) is 0.417. The molecule has 5 heteroatoms. The minimum atomic E-state index is 0.606. The smallest absolute Gasteiger partial charge is 0.170 e. The van der Waals surface area contributed by atoms with Crippen LogP contribution in [0.25, 0.3) is 0 Å². The van der Waals surface area contributed by atoms with Crippen molar-refractivity contribution in [1.29, 1.82) is 0 Å². The molecule has 0 heterocycles. The molecule has 1 aromatic rings. The van der Waals surface area contributed by atoms with Crippen molar-refractivity contribution in [1.82, 2.24) is 5.32 Å². The molecule has 0 atom stereocenters. The van der Waals surface area contributed by atoms with E-state index in [9.17, 15) is 0 Å². The Kier molecular flexibility index (Phi) is 6.23. The Morgan fingerprint density at radius 1 is 1.47 bits per heavy atom. The molecule has 17 heavy (non-hydrogen) atoms. The van der Waals surface area contributed by atoms with E-state index in [0.717, 1.165) is 23.1 Å². The summed E-state index contributed by atoms with van der Waals surface area (Å²) in [6, 6.07) is 5.65. The van der Waals surface area contributed by atoms with E-state index in [2.05, 4.69) is 40.4 Å². The molecule has 2 N–H and O–H groups in total. The molecule has 94 valence electrons. The largest absolute Gasteiger partial charge is 0.362 e. The molecule has 0 amide bonds. The standard InChI is InChI=1S/C12H16BrClN2S/c1-8(2)5-6-15-12(17)16-11-4-3-9(13)7-10(11)14/h3-4,7-8H,5-6H2,1-2H3,(H2,15,16,17). The van der Waals surface area contributed by atoms with E-state index < -0.39 is 0 Å². The van der Waals surface area contributed by atoms with Gasteiger partial charge < -0.3 is 10.6 Å². The van der Waals surface area contributed by atoms with E-state index in [0.29, 0.717) is 16.1 Å². The Labute approximate surface area is 121 Å². The van der Waals surface area contributed by atoms with Crippen LogP contribution in [0.15, 0.2) is 22.7 Å². The van der Waals surface area contributed by atoms with Gasteiger partial charge in [-0.3, -0.25) is 0 Å². The van der Waals surface area contributed by atoms with Crippen molar-refractivity contribution < 1.29 is 0 Å². The second-order valence-electron chi connectivity index (χ2n) is 4.19. The van der Waals surface area contributed by atoms with Crippen LogP contribution in [0.2, 0.25) is 5.02 Å². The van der Waals surface area contributed by atoms with Gasteiger partial charge in [-0.2, -0.15) is 0 Å². The number of benzene rings is 1. The Bertz CT molecular complexity index is 396. The van der Waals surface area contributed by atoms with Gasteiger partial charge in [-0.05, 0) is 42.8 Å². The van der Waals surface area contributed by atoms with E-state index in [-0.39, 0.29) is 0 Å². The van der Waals surface area contributed by atoms with Gasteiger partial charge in [0, 0.05) is 11.0 Å². The Hall–Kier alpha value is -0.320. The predicted molar refractivity (Wildman–Crippen MR) is 82.8 cm³/mol. The third-order valence-electron chi connectivity index (χ3n) is 2.19. The van der Waals surface area contributed by atoms with Crippen molar-refractivity contribution in [3.05, 3.63) is 27.7 Å². The molecule has 0 aliphatic rings. The van der Waals surface area contributed by atoms with Crippen LogP contribution < -0.4 is 10.6 Å². The zero-order chi connectivity index (χ0) is 12.8. The van der Waals surface area contributed by atoms with E-state index in [4.69, 9.17) is 23.8 Å². The summed E-state index contributed by atoms with van der Waals surface area (Å²) in [4.78, 5) is 0. The summed E-state index contributed by atoms with van der Waals surface area (Å²) in [5.41, 5.74) is 0.817. The van der Waals surface area contributed by atoms with Gasteiger partial charge in [-0.15, -0.1) is 0 Å². The lowest BCUT2D eigenvalue weighted by atomic mass is 10.1. The molecule has 0 spiro atoms. The SMILES string of the molecule is CC(C)CCNC(=S)Nc1ccc(Br)cc1Cl. The lowest BCUT2D eigenvalue weighted by Gasteiger charge is -2.12. The highest BCUT2D eigenvalue weighted by Gasteiger charge is 2.03. The lowest BCUT2D eigenvalue weighted by molar-refractivity contribution is 0.579. The molecule has 0 bridgehead atoms. The first-order valence-electron chi connectivity index (χ1n) is 5.49. The van der Waals surface area contributed by atoms with Crippen molar-refractivity contribution in [3.63, 3.8) is 0 Å². The third-order valence-corrected chi connectivity index (χ3v) is 3.24. The monoisotopic (exact) mass is 334 g/mol. The average Bonchev–Trinajstić information content (AvgIpc) is 2.21. The van der Waals surface area contributed by atoms with Gasteiger partial charge in [0.2, 0.25) is 0 Å². The highest BCUT2D eigenvalue weighted by molar-refractivity contribution is 9.10. The Morgan fingerprint density at radius 2 is 2.18 bits per heavy atom. The van der Waals surface area contributed by atoms with Gasteiger partial charge in [-0.1, -0.05) is 41.4 Å². The van der Waals surface area contributed by atoms with E-state index >= 15 is 0 Å². The van der Waals surface area contributed by atoms with Crippen LogP contribution in [0.4, 0.5) is 5.69 Å². The molecule has 1 rings (SSSR count). The summed E-state index contributed by atoms with van der Waals surface area (Å²) in [7, 11) is 0. The third kappa shape index (κ3) is 5.70. The molecule has 0 saturated carbocycles. The molecule has 2 nitrogen and oxygen atoms in total. The van der Waals surface area contributed by atoms with Crippen molar-refractivity contribution >= 4 is 50.5 Å². The minimum absolute atomic E-state index is 0.606. The van der Waals surface area contributed by atoms with Crippen LogP contribution in [0.5, 0.6) is 0 Å². The highest BCUT2D eigenvalue weighted by atomic mass is 79.9. The lowest BCUT2D eigenvalue weighted by Crippen LogP contribution is -2.29. The van der Waals surface area contributed by atoms with Crippen LogP contribution in [0.1, 0.15) is 20.3 Å². The fourth-order valence-electron chi connectivity index (χ4n) is 1.23. The molecule has 0 aliphatic carbocycles. The fourth-order valence-corrected chi connectivity index (χ4v) is 2.16. The summed E-state index contributed by atoms with van der Waals surface area (Å²) in [6.45, 7) is 5.24. The highest BCUT2D eigenvalue weighted by Crippen LogP contribution is 2.25. The zero-order valence-corrected chi connectivity index (χ0v) is 13.0. The molecule has 0 aromatic heterocycles. The number of anilines is 1. The zero-order valence-electron chi connectivity index (χ0n) is 9.89. The maximum absolute atomic E-state index is 6.08. The summed E-state index contributed by atoms with van der Waals surface area (Å²) in [5.74, 6) is 0.668. The first kappa shape index (κ1) is 14.7. The van der Waals surface area contributed by atoms with Gasteiger partial charge in [0.25, 0.3) is 0 Å². The number of hydrogen-bond acceptors (Lipinski definition) is 1. The summed E-state index contributed by atoms with van der Waals surface area (Å²) >= 11 is 14.6. The Balaban J connectivity index is 2.45. The molecular formula is C12H16BrClN2S. The normalized spacial score (nSPS) is 10.4. The first-order valence-corrected chi connectivity index (χ1v) is 7.07. The molecule has 0 unspecified atom stereocenters. The number of hydrogen-bond donors (Lipinski definition) is 2. The second kappa shape index (κ2) is 7.19. The molecule has 0 radical (unpaired) electrons. The molecule has 0 saturated heterocycles. The topological polar surface area (TPSA) is 24.1 Å². The van der Waals surface area contributed by atoms with Crippen molar-refractivity contribution in [3.8, 4) is 0 Å². The molecular weight excluding hydrogens is 320 g/mol. The van der Waals surface area contributed by atoms with Gasteiger partial charge >= 0.3 is 0 Å². The quantitative estimate of drug-likeness (QED) is 0.796. The van der Waals surface area contributed by atoms with Crippen molar-refractivity contribution in [2.24, 2.45) is 5.92 Å². The maximum atomic E-state index is 6.08. The van der Waals surface area contributed by atoms with Crippen LogP contribution in [-0.4, -0.2) is 11.7 Å². The molecule has 1 aromatic carbocycles. The van der Waals surface area contributed by atoms with Crippen molar-refractivity contribution in [2.45, 2.75) is 20.3 Å². The van der Waals surface area contributed by atoms with E-state index in [1.165, 1.54) is 0 Å². The van der Waals surface area contributed by atoms with Crippen molar-refractivity contribution in [2.75, 3.05) is 11.9 Å². The predicted octanol–water partition coefficient (Wildman–Crippen LogP) is 4.44. The molecule has 0 fully saturated rings. The van der Waals surface area contributed by atoms with Crippen LogP contribution in [-0.2, 0) is 0 Å². The Morgan fingerprint density at radius 3 is 2.76 bits per heavy atom. The minimum Gasteiger partial charge on any atom is -0.362 e. The number of halogens is 2. The van der Waals surface area contributed by atoms with E-state index in [1.807, 2.05) is 18.2 Å². The summed E-state index contributed by atoms with van der Waals surface area (Å²) < 4.78 is 0.951. The maximum Gasteiger partial charge on any atom is 0.170 e. The van der Waals surface area contributed by atoms with Crippen LogP contribution in [0, 0.1) is 5.92 Å². The second-order valence-corrected chi connectivity index (χ2v) is 5.92. The summed E-state index contributed by atoms with van der Waals surface area (Å²) in [6.07, 6.45) is 1.09. The van der Waals surface area contributed by atoms with Gasteiger partial charge in [0.1, 0.15) is 0 Å². The molecule has 0 aliphatic heterocycles. The summed E-state index contributed by atoms with van der Waals surface area (Å²) in [5, 5.41) is 7.49. The number of thiocarbonyl (C=S) groups is 1. The number of nitrogens with one attached hydrogen (secondary N) is 2. The van der Waals surface area contributed by atoms with Gasteiger partial charge in [0.05, 0.1) is 10.7 Å². The average molecular weight is 336 g/mol. The number of rotatable bonds is 4. The van der Waals surface area contributed by atoms with E-state index in [1.54, 1.807) is 0 Å². The van der Waals surface area contributed by atoms with Crippen LogP contribution >= 0.6 is 39.7 Å². The first-order chi connectivity index (χ1) is 7.99. The van der Waals surface area contributed by atoms with Gasteiger partial charge in [-0.25, -0.2) is 0 Å². The van der Waals surface area contributed by atoms with Crippen LogP contribution in [0.3, 0.4) is 0 Å².